The number of rotatable bonds is 3. The zero-order valence-electron chi connectivity index (χ0n) is 19.3. The summed E-state index contributed by atoms with van der Waals surface area (Å²) < 4.78 is 47.0. The van der Waals surface area contributed by atoms with Gasteiger partial charge in [0.25, 0.3) is 0 Å². The van der Waals surface area contributed by atoms with Gasteiger partial charge in [-0.25, -0.2) is 0 Å². The SMILES string of the molecule is N=C(N)c1ccc2c(c1)C1c3ccccc3CCC1C(c1ccc(-c3ccccc3C(F)(F)F)o1)N2. The summed E-state index contributed by atoms with van der Waals surface area (Å²) in [6.45, 7) is 0. The third-order valence-corrected chi connectivity index (χ3v) is 7.43. The van der Waals surface area contributed by atoms with Gasteiger partial charge in [0.2, 0.25) is 0 Å². The summed E-state index contributed by atoms with van der Waals surface area (Å²) in [6, 6.07) is 22.8. The lowest BCUT2D eigenvalue weighted by molar-refractivity contribution is -0.137. The van der Waals surface area contributed by atoms with Crippen LogP contribution >= 0.6 is 0 Å². The van der Waals surface area contributed by atoms with E-state index >= 15 is 0 Å². The van der Waals surface area contributed by atoms with E-state index in [-0.39, 0.29) is 35.0 Å². The standard InChI is InChI=1S/C29H24F3N3O/c30-29(31,32)22-8-4-3-7-19(22)24-13-14-25(36-24)27-20-11-9-16-5-1-2-6-18(16)26(20)21-15-17(28(33)34)10-12-23(21)35-27/h1-8,10,12-15,20,26-27,35H,9,11H2,(H3,33,34). The molecule has 4 N–H and O–H groups in total. The van der Waals surface area contributed by atoms with Gasteiger partial charge in [-0.1, -0.05) is 42.5 Å². The lowest BCUT2D eigenvalue weighted by Crippen LogP contribution is -2.35. The number of hydrogen-bond acceptors (Lipinski definition) is 3. The second kappa shape index (κ2) is 8.29. The zero-order chi connectivity index (χ0) is 25.0. The molecule has 2 aliphatic rings. The van der Waals surface area contributed by atoms with Crippen LogP contribution in [-0.4, -0.2) is 5.84 Å². The Labute approximate surface area is 206 Å². The van der Waals surface area contributed by atoms with E-state index in [0.29, 0.717) is 11.3 Å². The van der Waals surface area contributed by atoms with Crippen LogP contribution in [0.2, 0.25) is 0 Å². The molecule has 2 heterocycles. The van der Waals surface area contributed by atoms with Crippen molar-refractivity contribution in [3.05, 3.63) is 112 Å². The number of nitrogens with two attached hydrogens (primary N) is 1. The highest BCUT2D eigenvalue weighted by atomic mass is 19.4. The monoisotopic (exact) mass is 487 g/mol. The second-order valence-electron chi connectivity index (χ2n) is 9.46. The van der Waals surface area contributed by atoms with Gasteiger partial charge in [0, 0.05) is 22.7 Å². The Morgan fingerprint density at radius 1 is 0.944 bits per heavy atom. The fourth-order valence-electron chi connectivity index (χ4n) is 5.83. The van der Waals surface area contributed by atoms with Crippen molar-refractivity contribution in [2.24, 2.45) is 11.7 Å². The van der Waals surface area contributed by atoms with Crippen LogP contribution in [0.15, 0.2) is 83.3 Å². The van der Waals surface area contributed by atoms with Crippen LogP contribution in [0.25, 0.3) is 11.3 Å². The average Bonchev–Trinajstić information content (AvgIpc) is 3.37. The third-order valence-electron chi connectivity index (χ3n) is 7.43. The molecule has 7 heteroatoms. The van der Waals surface area contributed by atoms with E-state index in [1.165, 1.54) is 23.3 Å². The maximum absolute atomic E-state index is 13.6. The predicted molar refractivity (Wildman–Crippen MR) is 133 cm³/mol. The number of alkyl halides is 3. The minimum Gasteiger partial charge on any atom is -0.459 e. The Morgan fingerprint density at radius 3 is 2.53 bits per heavy atom. The van der Waals surface area contributed by atoms with E-state index in [2.05, 4.69) is 17.4 Å². The molecule has 1 aliphatic heterocycles. The van der Waals surface area contributed by atoms with Gasteiger partial charge in [-0.2, -0.15) is 13.2 Å². The van der Waals surface area contributed by atoms with E-state index in [1.54, 1.807) is 18.2 Å². The number of nitrogen functional groups attached to an aromatic ring is 1. The zero-order valence-corrected chi connectivity index (χ0v) is 19.3. The van der Waals surface area contributed by atoms with Crippen LogP contribution in [-0.2, 0) is 12.6 Å². The number of nitrogens with one attached hydrogen (secondary N) is 2. The normalized spacial score (nSPS) is 20.6. The van der Waals surface area contributed by atoms with Crippen molar-refractivity contribution in [1.29, 1.82) is 5.41 Å². The van der Waals surface area contributed by atoms with Crippen molar-refractivity contribution in [3.63, 3.8) is 0 Å². The molecule has 182 valence electrons. The van der Waals surface area contributed by atoms with Crippen LogP contribution < -0.4 is 11.1 Å². The smallest absolute Gasteiger partial charge is 0.417 e. The number of fused-ring (bicyclic) bond motifs is 5. The number of benzene rings is 3. The summed E-state index contributed by atoms with van der Waals surface area (Å²) >= 11 is 0. The van der Waals surface area contributed by atoms with Gasteiger partial charge < -0.3 is 15.5 Å². The fourth-order valence-corrected chi connectivity index (χ4v) is 5.83. The van der Waals surface area contributed by atoms with Crippen molar-refractivity contribution >= 4 is 11.5 Å². The van der Waals surface area contributed by atoms with Crippen LogP contribution in [0.3, 0.4) is 0 Å². The first-order chi connectivity index (χ1) is 17.3. The number of furan rings is 1. The lowest BCUT2D eigenvalue weighted by Gasteiger charge is -2.43. The summed E-state index contributed by atoms with van der Waals surface area (Å²) in [5.74, 6) is 0.986. The molecule has 6 rings (SSSR count). The molecular weight excluding hydrogens is 463 g/mol. The van der Waals surface area contributed by atoms with E-state index < -0.39 is 11.7 Å². The highest BCUT2D eigenvalue weighted by Crippen LogP contribution is 2.53. The van der Waals surface area contributed by atoms with Crippen molar-refractivity contribution in [2.45, 2.75) is 31.0 Å². The largest absolute Gasteiger partial charge is 0.459 e. The maximum atomic E-state index is 13.6. The van der Waals surface area contributed by atoms with Crippen LogP contribution in [0.5, 0.6) is 0 Å². The topological polar surface area (TPSA) is 75.0 Å². The van der Waals surface area contributed by atoms with E-state index in [1.807, 2.05) is 30.3 Å². The Bertz CT molecular complexity index is 1470. The molecule has 0 saturated carbocycles. The van der Waals surface area contributed by atoms with E-state index in [4.69, 9.17) is 15.6 Å². The Morgan fingerprint density at radius 2 is 1.72 bits per heavy atom. The Balaban J connectivity index is 1.45. The first kappa shape index (κ1) is 22.5. The summed E-state index contributed by atoms with van der Waals surface area (Å²) in [5, 5.41) is 11.5. The highest BCUT2D eigenvalue weighted by Gasteiger charge is 2.43. The molecule has 36 heavy (non-hydrogen) atoms. The Hall–Kier alpha value is -4.00. The molecule has 1 aromatic heterocycles. The first-order valence-electron chi connectivity index (χ1n) is 11.9. The van der Waals surface area contributed by atoms with E-state index in [0.717, 1.165) is 30.2 Å². The van der Waals surface area contributed by atoms with Gasteiger partial charge in [-0.15, -0.1) is 0 Å². The van der Waals surface area contributed by atoms with Crippen molar-refractivity contribution in [1.82, 2.24) is 0 Å². The average molecular weight is 488 g/mol. The molecule has 0 bridgehead atoms. The third kappa shape index (κ3) is 3.66. The van der Waals surface area contributed by atoms with Crippen molar-refractivity contribution < 1.29 is 17.6 Å². The lowest BCUT2D eigenvalue weighted by atomic mass is 9.66. The first-order valence-corrected chi connectivity index (χ1v) is 11.9. The van der Waals surface area contributed by atoms with Gasteiger partial charge in [-0.05, 0) is 71.8 Å². The van der Waals surface area contributed by atoms with Crippen LogP contribution in [0.1, 0.15) is 52.0 Å². The van der Waals surface area contributed by atoms with Gasteiger partial charge >= 0.3 is 6.18 Å². The summed E-state index contributed by atoms with van der Waals surface area (Å²) in [4.78, 5) is 0. The van der Waals surface area contributed by atoms with Crippen LogP contribution in [0.4, 0.5) is 18.9 Å². The fraction of sp³-hybridized carbons (Fsp3) is 0.207. The van der Waals surface area contributed by atoms with E-state index in [9.17, 15) is 13.2 Å². The van der Waals surface area contributed by atoms with Gasteiger partial charge in [-0.3, -0.25) is 5.41 Å². The van der Waals surface area contributed by atoms with Gasteiger partial charge in [0.15, 0.2) is 0 Å². The second-order valence-corrected chi connectivity index (χ2v) is 9.46. The molecule has 0 amide bonds. The molecule has 0 fully saturated rings. The Kier molecular flexibility index (Phi) is 5.18. The molecule has 3 aromatic carbocycles. The number of amidine groups is 1. The number of halogens is 3. The summed E-state index contributed by atoms with van der Waals surface area (Å²) in [5.41, 5.74) is 10.3. The quantitative estimate of drug-likeness (QED) is 0.213. The van der Waals surface area contributed by atoms with Gasteiger partial charge in [0.1, 0.15) is 17.4 Å². The van der Waals surface area contributed by atoms with Crippen LogP contribution in [0, 0.1) is 11.3 Å². The molecule has 3 atom stereocenters. The maximum Gasteiger partial charge on any atom is 0.417 e. The highest BCUT2D eigenvalue weighted by molar-refractivity contribution is 5.95. The number of anilines is 1. The van der Waals surface area contributed by atoms with Crippen molar-refractivity contribution in [2.75, 3.05) is 5.32 Å². The molecule has 0 saturated heterocycles. The summed E-state index contributed by atoms with van der Waals surface area (Å²) in [7, 11) is 0. The molecule has 0 radical (unpaired) electrons. The minimum atomic E-state index is -4.47. The summed E-state index contributed by atoms with van der Waals surface area (Å²) in [6.07, 6.45) is -2.68. The molecular formula is C29H24F3N3O. The molecule has 4 nitrogen and oxygen atoms in total. The number of aryl methyl sites for hydroxylation is 1. The molecule has 3 unspecified atom stereocenters. The molecule has 0 spiro atoms. The number of hydrogen-bond donors (Lipinski definition) is 3. The predicted octanol–water partition coefficient (Wildman–Crippen LogP) is 7.11. The molecule has 4 aromatic rings. The minimum absolute atomic E-state index is 0.0135. The van der Waals surface area contributed by atoms with Crippen molar-refractivity contribution in [3.8, 4) is 11.3 Å². The van der Waals surface area contributed by atoms with Gasteiger partial charge in [0.05, 0.1) is 11.6 Å². The molecule has 1 aliphatic carbocycles.